The molecule has 0 saturated carbocycles. The number of hydrogen-bond donors (Lipinski definition) is 1. The van der Waals surface area contributed by atoms with Crippen molar-refractivity contribution in [3.05, 3.63) is 52.9 Å². The monoisotopic (exact) mass is 295 g/mol. The van der Waals surface area contributed by atoms with E-state index in [0.717, 1.165) is 15.7 Å². The van der Waals surface area contributed by atoms with Gasteiger partial charge in [-0.2, -0.15) is 0 Å². The molecule has 100 valence electrons. The Balaban J connectivity index is 1.74. The summed E-state index contributed by atoms with van der Waals surface area (Å²) in [4.78, 5) is 12.9. The standard InChI is InChI=1S/C14H14ClNO2S/c1-10-13(6-8-18-10)14(17)16-7-9-19-12-4-2-11(15)3-5-12/h2-6,8H,7,9H2,1H3,(H,16,17). The molecule has 0 unspecified atom stereocenters. The average molecular weight is 296 g/mol. The molecule has 1 aromatic heterocycles. The number of carbonyl (C=O) groups is 1. The third-order valence-corrected chi connectivity index (χ3v) is 3.84. The fraction of sp³-hybridized carbons (Fsp3) is 0.214. The Morgan fingerprint density at radius 2 is 2.05 bits per heavy atom. The number of furan rings is 1. The van der Waals surface area contributed by atoms with Crippen molar-refractivity contribution in [2.24, 2.45) is 0 Å². The molecule has 0 fully saturated rings. The molecular formula is C14H14ClNO2S. The van der Waals surface area contributed by atoms with Gasteiger partial charge in [0.05, 0.1) is 11.8 Å². The Kier molecular flexibility index (Phi) is 4.93. The van der Waals surface area contributed by atoms with Crippen LogP contribution in [0.1, 0.15) is 16.1 Å². The number of rotatable bonds is 5. The summed E-state index contributed by atoms with van der Waals surface area (Å²) in [5, 5.41) is 3.59. The molecular weight excluding hydrogens is 282 g/mol. The van der Waals surface area contributed by atoms with Crippen molar-refractivity contribution >= 4 is 29.3 Å². The van der Waals surface area contributed by atoms with Crippen LogP contribution in [0.5, 0.6) is 0 Å². The maximum absolute atomic E-state index is 11.8. The highest BCUT2D eigenvalue weighted by molar-refractivity contribution is 7.99. The Hall–Kier alpha value is -1.39. The fourth-order valence-corrected chi connectivity index (χ4v) is 2.47. The minimum atomic E-state index is -0.0945. The quantitative estimate of drug-likeness (QED) is 0.674. The zero-order valence-electron chi connectivity index (χ0n) is 10.5. The Morgan fingerprint density at radius 1 is 1.32 bits per heavy atom. The number of aryl methyl sites for hydroxylation is 1. The maximum Gasteiger partial charge on any atom is 0.254 e. The van der Waals surface area contributed by atoms with Gasteiger partial charge in [0.1, 0.15) is 5.76 Å². The SMILES string of the molecule is Cc1occc1C(=O)NCCSc1ccc(Cl)cc1. The van der Waals surface area contributed by atoms with E-state index in [1.165, 1.54) is 6.26 Å². The predicted molar refractivity (Wildman–Crippen MR) is 78.0 cm³/mol. The van der Waals surface area contributed by atoms with Crippen molar-refractivity contribution in [3.8, 4) is 0 Å². The highest BCUT2D eigenvalue weighted by Crippen LogP contribution is 2.19. The molecule has 0 saturated heterocycles. The topological polar surface area (TPSA) is 42.2 Å². The molecule has 19 heavy (non-hydrogen) atoms. The molecule has 0 aliphatic heterocycles. The van der Waals surface area contributed by atoms with Gasteiger partial charge in [-0.05, 0) is 37.3 Å². The van der Waals surface area contributed by atoms with Gasteiger partial charge < -0.3 is 9.73 Å². The fourth-order valence-electron chi connectivity index (χ4n) is 1.58. The molecule has 0 atom stereocenters. The predicted octanol–water partition coefficient (Wildman–Crippen LogP) is 3.76. The van der Waals surface area contributed by atoms with Gasteiger partial charge in [0.2, 0.25) is 0 Å². The first-order chi connectivity index (χ1) is 9.16. The normalized spacial score (nSPS) is 10.4. The van der Waals surface area contributed by atoms with Crippen LogP contribution >= 0.6 is 23.4 Å². The van der Waals surface area contributed by atoms with Crippen molar-refractivity contribution < 1.29 is 9.21 Å². The average Bonchev–Trinajstić information content (AvgIpc) is 2.83. The summed E-state index contributed by atoms with van der Waals surface area (Å²) in [6.07, 6.45) is 1.52. The van der Waals surface area contributed by atoms with Gasteiger partial charge in [0.25, 0.3) is 5.91 Å². The number of halogens is 1. The summed E-state index contributed by atoms with van der Waals surface area (Å²) in [5.41, 5.74) is 0.594. The molecule has 3 nitrogen and oxygen atoms in total. The highest BCUT2D eigenvalue weighted by atomic mass is 35.5. The summed E-state index contributed by atoms with van der Waals surface area (Å²) < 4.78 is 5.09. The van der Waals surface area contributed by atoms with E-state index in [4.69, 9.17) is 16.0 Å². The smallest absolute Gasteiger partial charge is 0.254 e. The Morgan fingerprint density at radius 3 is 2.68 bits per heavy atom. The van der Waals surface area contributed by atoms with Gasteiger partial charge in [0.15, 0.2) is 0 Å². The van der Waals surface area contributed by atoms with Crippen LogP contribution in [0.4, 0.5) is 0 Å². The third kappa shape index (κ3) is 4.04. The second-order valence-corrected chi connectivity index (χ2v) is 5.55. The molecule has 0 bridgehead atoms. The molecule has 0 aliphatic rings. The van der Waals surface area contributed by atoms with Gasteiger partial charge in [-0.1, -0.05) is 11.6 Å². The van der Waals surface area contributed by atoms with Crippen LogP contribution in [0.15, 0.2) is 45.9 Å². The van der Waals surface area contributed by atoms with E-state index in [1.54, 1.807) is 24.8 Å². The lowest BCUT2D eigenvalue weighted by Crippen LogP contribution is -2.25. The van der Waals surface area contributed by atoms with Crippen LogP contribution in [0, 0.1) is 6.92 Å². The molecule has 0 spiro atoms. The minimum absolute atomic E-state index is 0.0945. The molecule has 2 rings (SSSR count). The number of nitrogens with one attached hydrogen (secondary N) is 1. The van der Waals surface area contributed by atoms with E-state index in [0.29, 0.717) is 17.9 Å². The Labute approximate surface area is 121 Å². The maximum atomic E-state index is 11.8. The summed E-state index contributed by atoms with van der Waals surface area (Å²) in [7, 11) is 0. The number of thioether (sulfide) groups is 1. The van der Waals surface area contributed by atoms with E-state index in [9.17, 15) is 4.79 Å². The van der Waals surface area contributed by atoms with Crippen LogP contribution in [0.3, 0.4) is 0 Å². The second kappa shape index (κ2) is 6.68. The molecule has 0 aliphatic carbocycles. The second-order valence-electron chi connectivity index (χ2n) is 3.95. The zero-order chi connectivity index (χ0) is 13.7. The molecule has 2 aromatic rings. The summed E-state index contributed by atoms with van der Waals surface area (Å²) in [6, 6.07) is 9.33. The molecule has 0 radical (unpaired) electrons. The lowest BCUT2D eigenvalue weighted by molar-refractivity contribution is 0.0954. The van der Waals surface area contributed by atoms with Crippen molar-refractivity contribution in [2.45, 2.75) is 11.8 Å². The minimum Gasteiger partial charge on any atom is -0.469 e. The largest absolute Gasteiger partial charge is 0.469 e. The zero-order valence-corrected chi connectivity index (χ0v) is 12.1. The van der Waals surface area contributed by atoms with Crippen molar-refractivity contribution in [1.82, 2.24) is 5.32 Å². The lowest BCUT2D eigenvalue weighted by Gasteiger charge is -2.04. The highest BCUT2D eigenvalue weighted by Gasteiger charge is 2.10. The van der Waals surface area contributed by atoms with Crippen LogP contribution in [0.25, 0.3) is 0 Å². The first-order valence-corrected chi connectivity index (χ1v) is 7.24. The van der Waals surface area contributed by atoms with E-state index >= 15 is 0 Å². The number of hydrogen-bond acceptors (Lipinski definition) is 3. The van der Waals surface area contributed by atoms with Crippen molar-refractivity contribution in [1.29, 1.82) is 0 Å². The van der Waals surface area contributed by atoms with Crippen LogP contribution in [-0.2, 0) is 0 Å². The number of benzene rings is 1. The van der Waals surface area contributed by atoms with Gasteiger partial charge in [0, 0.05) is 22.2 Å². The van der Waals surface area contributed by atoms with Crippen LogP contribution < -0.4 is 5.32 Å². The van der Waals surface area contributed by atoms with Gasteiger partial charge in [-0.15, -0.1) is 11.8 Å². The van der Waals surface area contributed by atoms with Crippen LogP contribution in [-0.4, -0.2) is 18.2 Å². The lowest BCUT2D eigenvalue weighted by atomic mass is 10.2. The van der Waals surface area contributed by atoms with E-state index in [-0.39, 0.29) is 5.91 Å². The third-order valence-electron chi connectivity index (χ3n) is 2.57. The molecule has 1 amide bonds. The number of carbonyl (C=O) groups excluding carboxylic acids is 1. The van der Waals surface area contributed by atoms with Crippen molar-refractivity contribution in [3.63, 3.8) is 0 Å². The van der Waals surface area contributed by atoms with Gasteiger partial charge >= 0.3 is 0 Å². The number of amides is 1. The van der Waals surface area contributed by atoms with Crippen molar-refractivity contribution in [2.75, 3.05) is 12.3 Å². The van der Waals surface area contributed by atoms with Crippen LogP contribution in [0.2, 0.25) is 5.02 Å². The molecule has 5 heteroatoms. The van der Waals surface area contributed by atoms with E-state index in [2.05, 4.69) is 5.32 Å². The van der Waals surface area contributed by atoms with Gasteiger partial charge in [-0.25, -0.2) is 0 Å². The summed E-state index contributed by atoms with van der Waals surface area (Å²) in [5.74, 6) is 1.36. The van der Waals surface area contributed by atoms with E-state index < -0.39 is 0 Å². The molecule has 1 N–H and O–H groups in total. The molecule has 1 aromatic carbocycles. The van der Waals surface area contributed by atoms with Gasteiger partial charge in [-0.3, -0.25) is 4.79 Å². The first kappa shape index (κ1) is 14.0. The summed E-state index contributed by atoms with van der Waals surface area (Å²) in [6.45, 7) is 2.38. The molecule has 1 heterocycles. The first-order valence-electron chi connectivity index (χ1n) is 5.87. The summed E-state index contributed by atoms with van der Waals surface area (Å²) >= 11 is 7.49. The Bertz CT molecular complexity index is 551. The van der Waals surface area contributed by atoms with E-state index in [1.807, 2.05) is 24.3 Å².